The van der Waals surface area contributed by atoms with E-state index in [1.165, 1.54) is 44.3 Å². The second-order valence-electron chi connectivity index (χ2n) is 17.1. The van der Waals surface area contributed by atoms with E-state index in [9.17, 15) is 66.0 Å². The van der Waals surface area contributed by atoms with E-state index in [0.29, 0.717) is 101 Å². The number of aliphatic carboxylic acids is 4. The second kappa shape index (κ2) is 33.9. The van der Waals surface area contributed by atoms with Gasteiger partial charge >= 0.3 is 0 Å². The zero-order valence-electron chi connectivity index (χ0n) is 43.0. The van der Waals surface area contributed by atoms with E-state index in [-0.39, 0.29) is 37.8 Å². The SMILES string of the molecule is O.O.O.O=C(CN1CCN(c2ccccc2)CC1)c1ccc(S(=O)(=O)N2CCOCC2)cc1.O=C(CN1CCN(c2ccccc2)CC1)c1ccc(S(=O)(=O)N2CCOCC2)cc1.O=C([O-])/C=C\C(=O)[O-].O=C([O-])/C=C\C(=O)[O-]. The molecule has 0 aromatic heterocycles. The molecule has 4 fully saturated rings. The molecule has 79 heavy (non-hydrogen) atoms. The summed E-state index contributed by atoms with van der Waals surface area (Å²) >= 11 is 0. The van der Waals surface area contributed by atoms with Gasteiger partial charge in [0.05, 0.1) is 73.2 Å². The highest BCUT2D eigenvalue weighted by atomic mass is 32.2. The lowest BCUT2D eigenvalue weighted by Gasteiger charge is -2.35. The van der Waals surface area contributed by atoms with Gasteiger partial charge in [-0.2, -0.15) is 8.61 Å². The van der Waals surface area contributed by atoms with Crippen LogP contribution >= 0.6 is 0 Å². The predicted molar refractivity (Wildman–Crippen MR) is 280 cm³/mol. The van der Waals surface area contributed by atoms with Gasteiger partial charge in [0.1, 0.15) is 0 Å². The van der Waals surface area contributed by atoms with Crippen LogP contribution in [-0.4, -0.2) is 205 Å². The third kappa shape index (κ3) is 22.2. The first-order valence-electron chi connectivity index (χ1n) is 24.0. The molecule has 4 aliphatic rings. The van der Waals surface area contributed by atoms with E-state index in [4.69, 9.17) is 9.47 Å². The summed E-state index contributed by atoms with van der Waals surface area (Å²) in [6, 6.07) is 33.2. The third-order valence-electron chi connectivity index (χ3n) is 12.0. The molecule has 0 amide bonds. The van der Waals surface area contributed by atoms with Gasteiger partial charge in [-0.3, -0.25) is 19.4 Å². The van der Waals surface area contributed by atoms with Crippen molar-refractivity contribution < 1.29 is 91.9 Å². The molecule has 25 nitrogen and oxygen atoms in total. The van der Waals surface area contributed by atoms with Crippen LogP contribution in [0.4, 0.5) is 11.4 Å². The molecule has 0 radical (unpaired) electrons. The molecule has 0 bridgehead atoms. The maximum absolute atomic E-state index is 12.7. The molecule has 8 rings (SSSR count). The van der Waals surface area contributed by atoms with E-state index in [2.05, 4.69) is 43.9 Å². The monoisotopic (exact) mass is 1140 g/mol. The number of anilines is 2. The molecule has 27 heteroatoms. The Labute approximate surface area is 457 Å². The fraction of sp³-hybridized carbons (Fsp3) is 0.346. The number of hydrogen-bond donors (Lipinski definition) is 0. The molecular weight excluding hydrogens is 1080 g/mol. The molecule has 6 N–H and O–H groups in total. The van der Waals surface area contributed by atoms with Crippen molar-refractivity contribution in [3.05, 3.63) is 145 Å². The number of piperazine rings is 2. The first-order valence-corrected chi connectivity index (χ1v) is 26.9. The summed E-state index contributed by atoms with van der Waals surface area (Å²) in [7, 11) is -7.08. The predicted octanol–water partition coefficient (Wildman–Crippen LogP) is -4.96. The molecule has 4 aromatic carbocycles. The summed E-state index contributed by atoms with van der Waals surface area (Å²) < 4.78 is 64.1. The van der Waals surface area contributed by atoms with Crippen LogP contribution in [0.25, 0.3) is 0 Å². The number of carboxylic acid groups (broad SMARTS) is 4. The van der Waals surface area contributed by atoms with Crippen LogP contribution in [0.2, 0.25) is 0 Å². The summed E-state index contributed by atoms with van der Waals surface area (Å²) in [5.41, 5.74) is 3.50. The number of benzene rings is 4. The van der Waals surface area contributed by atoms with Crippen molar-refractivity contribution in [2.45, 2.75) is 9.79 Å². The largest absolute Gasteiger partial charge is 0.545 e. The number of carboxylic acids is 4. The minimum Gasteiger partial charge on any atom is -0.545 e. The number of ketones is 2. The van der Waals surface area contributed by atoms with Gasteiger partial charge in [0.2, 0.25) is 20.0 Å². The Morgan fingerprint density at radius 3 is 0.911 bits per heavy atom. The lowest BCUT2D eigenvalue weighted by Crippen LogP contribution is -2.48. The van der Waals surface area contributed by atoms with Gasteiger partial charge in [-0.15, -0.1) is 0 Å². The smallest absolute Gasteiger partial charge is 0.243 e. The molecule has 4 saturated heterocycles. The quantitative estimate of drug-likeness (QED) is 0.0749. The van der Waals surface area contributed by atoms with Crippen molar-refractivity contribution in [2.75, 3.05) is 128 Å². The molecule has 4 heterocycles. The van der Waals surface area contributed by atoms with Gasteiger partial charge in [-0.05, 0) is 72.8 Å². The minimum absolute atomic E-state index is 0. The molecular formula is C52H64N6O19S2-4. The number of sulfonamides is 2. The summed E-state index contributed by atoms with van der Waals surface area (Å²) in [5, 5.41) is 37.7. The van der Waals surface area contributed by atoms with E-state index in [0.717, 1.165) is 52.4 Å². The Morgan fingerprint density at radius 2 is 0.658 bits per heavy atom. The van der Waals surface area contributed by atoms with Crippen LogP contribution in [0.15, 0.2) is 143 Å². The second-order valence-corrected chi connectivity index (χ2v) is 20.9. The van der Waals surface area contributed by atoms with Gasteiger partial charge in [0, 0.05) is 101 Å². The highest BCUT2D eigenvalue weighted by Gasteiger charge is 2.28. The van der Waals surface area contributed by atoms with E-state index >= 15 is 0 Å². The van der Waals surface area contributed by atoms with Gasteiger partial charge in [-0.25, -0.2) is 16.8 Å². The zero-order valence-corrected chi connectivity index (χ0v) is 44.6. The Hall–Kier alpha value is -7.28. The first-order chi connectivity index (χ1) is 36.3. The zero-order chi connectivity index (χ0) is 55.1. The van der Waals surface area contributed by atoms with Crippen molar-refractivity contribution in [2.24, 2.45) is 0 Å². The average Bonchev–Trinajstić information content (AvgIpc) is 3.44. The summed E-state index contributed by atoms with van der Waals surface area (Å²) in [6.07, 6.45) is 1.54. The van der Waals surface area contributed by atoms with Crippen molar-refractivity contribution in [1.29, 1.82) is 0 Å². The molecule has 432 valence electrons. The summed E-state index contributed by atoms with van der Waals surface area (Å²) in [4.78, 5) is 72.4. The summed E-state index contributed by atoms with van der Waals surface area (Å²) in [5.74, 6) is -6.16. The number of para-hydroxylation sites is 2. The number of morpholine rings is 2. The molecule has 0 spiro atoms. The first kappa shape index (κ1) is 67.8. The van der Waals surface area contributed by atoms with Crippen molar-refractivity contribution in [1.82, 2.24) is 18.4 Å². The highest BCUT2D eigenvalue weighted by molar-refractivity contribution is 7.89. The molecule has 0 saturated carbocycles. The van der Waals surface area contributed by atoms with Crippen LogP contribution in [0.1, 0.15) is 20.7 Å². The normalized spacial score (nSPS) is 16.4. The number of Topliss-reactive ketones (excluding diaryl/α,β-unsaturated/α-hetero) is 2. The lowest BCUT2D eigenvalue weighted by atomic mass is 10.1. The van der Waals surface area contributed by atoms with E-state index in [1.54, 1.807) is 24.3 Å². The Bertz CT molecular complexity index is 2610. The van der Waals surface area contributed by atoms with Gasteiger partial charge in [-0.1, -0.05) is 60.7 Å². The maximum Gasteiger partial charge on any atom is 0.243 e. The van der Waals surface area contributed by atoms with Crippen LogP contribution < -0.4 is 30.2 Å². The van der Waals surface area contributed by atoms with Crippen LogP contribution in [-0.2, 0) is 48.7 Å². The molecule has 0 unspecified atom stereocenters. The highest BCUT2D eigenvalue weighted by Crippen LogP contribution is 2.21. The fourth-order valence-corrected chi connectivity index (χ4v) is 10.8. The number of rotatable bonds is 16. The average molecular weight is 1140 g/mol. The topological polar surface area (TPSA) is 395 Å². The van der Waals surface area contributed by atoms with Crippen molar-refractivity contribution in [3.8, 4) is 0 Å². The summed E-state index contributed by atoms with van der Waals surface area (Å²) in [6.45, 7) is 10.6. The van der Waals surface area contributed by atoms with Crippen LogP contribution in [0, 0.1) is 0 Å². The van der Waals surface area contributed by atoms with Gasteiger partial charge in [0.15, 0.2) is 11.6 Å². The molecule has 4 aromatic rings. The number of nitrogens with zero attached hydrogens (tertiary/aromatic N) is 6. The minimum atomic E-state index is -3.54. The molecule has 0 aliphatic carbocycles. The maximum atomic E-state index is 12.7. The standard InChI is InChI=1S/2C22H27N3O4S.2C4H4O4.3H2O/c2*26-22(18-23-10-12-24(13-11-23)20-4-2-1-3-5-20)19-6-8-21(9-7-19)30(27,28)25-14-16-29-17-15-25;2*5-3(6)1-2-4(7)8;;;/h2*1-9H,10-18H2;2*1-2H,(H,5,6)(H,7,8);3*1H2/p-4/b;;2*2-1-;;;. The Morgan fingerprint density at radius 1 is 0.392 bits per heavy atom. The fourth-order valence-electron chi connectivity index (χ4n) is 7.96. The van der Waals surface area contributed by atoms with Gasteiger partial charge < -0.3 is 75.3 Å². The number of ether oxygens (including phenoxy) is 2. The molecule has 4 aliphatic heterocycles. The van der Waals surface area contributed by atoms with Gasteiger partial charge in [0.25, 0.3) is 0 Å². The van der Waals surface area contributed by atoms with E-state index < -0.39 is 43.9 Å². The van der Waals surface area contributed by atoms with E-state index in [1.807, 2.05) is 36.4 Å². The van der Waals surface area contributed by atoms with Crippen LogP contribution in [0.5, 0.6) is 0 Å². The number of carbonyl (C=O) groups is 6. The Kier molecular flexibility index (Phi) is 29.1. The number of hydrogen-bond acceptors (Lipinski definition) is 20. The number of carbonyl (C=O) groups excluding carboxylic acids is 6. The lowest BCUT2D eigenvalue weighted by molar-refractivity contribution is -0.301. The van der Waals surface area contributed by atoms with Crippen LogP contribution in [0.3, 0.4) is 0 Å². The Balaban J connectivity index is 0.000000412. The third-order valence-corrected chi connectivity index (χ3v) is 15.8. The molecule has 0 atom stereocenters. The van der Waals surface area contributed by atoms with Crippen molar-refractivity contribution >= 4 is 66.9 Å². The van der Waals surface area contributed by atoms with Crippen molar-refractivity contribution in [3.63, 3.8) is 0 Å².